The summed E-state index contributed by atoms with van der Waals surface area (Å²) < 4.78 is 31.8. The molecule has 4 aromatic rings. The largest absolute Gasteiger partial charge is 0.347 e. The van der Waals surface area contributed by atoms with Crippen LogP contribution in [0.2, 0.25) is 0 Å². The van der Waals surface area contributed by atoms with E-state index in [1.807, 2.05) is 13.1 Å². The van der Waals surface area contributed by atoms with E-state index in [4.69, 9.17) is 10.5 Å². The molecule has 0 aliphatic carbocycles. The van der Waals surface area contributed by atoms with E-state index in [2.05, 4.69) is 26.9 Å². The Morgan fingerprint density at radius 2 is 1.59 bits per heavy atom. The minimum atomic E-state index is -0.582. The second-order valence-corrected chi connectivity index (χ2v) is 11.2. The average molecular weight is 627 g/mol. The number of nitriles is 2. The zero-order chi connectivity index (χ0) is 32.8. The molecule has 2 aromatic heterocycles. The maximum absolute atomic E-state index is 14.3. The topological polar surface area (TPSA) is 148 Å². The minimum Gasteiger partial charge on any atom is -0.347 e. The number of imidazole rings is 1. The van der Waals surface area contributed by atoms with Crippen molar-refractivity contribution >= 4 is 11.8 Å². The fraction of sp³-hybridized carbons (Fsp3) is 0.312. The number of nitrogens with zero attached hydrogens (tertiary/aromatic N) is 8. The average Bonchev–Trinajstić information content (AvgIpc) is 3.86. The fourth-order valence-corrected chi connectivity index (χ4v) is 5.33. The standard InChI is InChI=1S/2C16H16FN5O/c1-21-8-12(7-19-21)14-3-2-11(6-15(14)17)16(23)20-13-4-5-22(9-13)10-18;1-11-7-22(10-19-11)13-2-3-14(15(17)6-13)16(23)20-12-4-5-21(8-12)9-18/h2-3,6-8,13H,4-5,9H2,1H3,(H,20,23);2-3,6-7,10,12H,4-5,8H2,1H3,(H,20,23)/t13-;12-/m11/s1. The highest BCUT2D eigenvalue weighted by Crippen LogP contribution is 2.23. The first-order valence-corrected chi connectivity index (χ1v) is 14.6. The predicted molar refractivity (Wildman–Crippen MR) is 163 cm³/mol. The highest BCUT2D eigenvalue weighted by molar-refractivity contribution is 5.95. The molecule has 12 nitrogen and oxygen atoms in total. The number of aryl methyl sites for hydroxylation is 2. The molecule has 0 spiro atoms. The molecule has 2 N–H and O–H groups in total. The molecule has 0 radical (unpaired) electrons. The van der Waals surface area contributed by atoms with Crippen LogP contribution in [0.15, 0.2) is 61.3 Å². The Morgan fingerprint density at radius 3 is 2.11 bits per heavy atom. The van der Waals surface area contributed by atoms with Gasteiger partial charge >= 0.3 is 0 Å². The van der Waals surface area contributed by atoms with Gasteiger partial charge in [0.15, 0.2) is 12.4 Å². The van der Waals surface area contributed by atoms with E-state index in [-0.39, 0.29) is 29.1 Å². The number of aromatic nitrogens is 4. The van der Waals surface area contributed by atoms with Crippen LogP contribution < -0.4 is 10.6 Å². The molecule has 2 fully saturated rings. The number of halogens is 2. The number of amides is 2. The second kappa shape index (κ2) is 13.9. The number of hydrogen-bond donors (Lipinski definition) is 2. The smallest absolute Gasteiger partial charge is 0.254 e. The molecular formula is C32H32F2N10O2. The van der Waals surface area contributed by atoms with Gasteiger partial charge < -0.3 is 25.0 Å². The predicted octanol–water partition coefficient (Wildman–Crippen LogP) is 3.12. The molecule has 4 heterocycles. The lowest BCUT2D eigenvalue weighted by atomic mass is 10.1. The van der Waals surface area contributed by atoms with Crippen LogP contribution in [0.3, 0.4) is 0 Å². The third kappa shape index (κ3) is 7.47. The Balaban J connectivity index is 0.000000181. The summed E-state index contributed by atoms with van der Waals surface area (Å²) in [5.41, 5.74) is 2.78. The first kappa shape index (κ1) is 31.7. The maximum atomic E-state index is 14.3. The van der Waals surface area contributed by atoms with Gasteiger partial charge in [-0.2, -0.15) is 15.6 Å². The summed E-state index contributed by atoms with van der Waals surface area (Å²) in [5.74, 6) is -1.83. The molecule has 2 aliphatic heterocycles. The van der Waals surface area contributed by atoms with Crippen LogP contribution >= 0.6 is 0 Å². The zero-order valence-corrected chi connectivity index (χ0v) is 25.3. The molecule has 236 valence electrons. The van der Waals surface area contributed by atoms with Crippen molar-refractivity contribution in [3.05, 3.63) is 89.8 Å². The van der Waals surface area contributed by atoms with Gasteiger partial charge in [0.25, 0.3) is 11.8 Å². The number of likely N-dealkylation sites (tertiary alicyclic amines) is 2. The van der Waals surface area contributed by atoms with Crippen LogP contribution in [0.1, 0.15) is 39.3 Å². The lowest BCUT2D eigenvalue weighted by Gasteiger charge is -2.13. The minimum absolute atomic E-state index is 0.000921. The van der Waals surface area contributed by atoms with E-state index in [1.165, 1.54) is 18.2 Å². The van der Waals surface area contributed by atoms with Crippen molar-refractivity contribution in [1.82, 2.24) is 39.8 Å². The second-order valence-electron chi connectivity index (χ2n) is 11.2. The molecule has 14 heteroatoms. The van der Waals surface area contributed by atoms with Gasteiger partial charge in [0.1, 0.15) is 11.6 Å². The Bertz CT molecular complexity index is 1820. The summed E-state index contributed by atoms with van der Waals surface area (Å²) in [6.07, 6.45) is 12.2. The third-order valence-electron chi connectivity index (χ3n) is 7.78. The zero-order valence-electron chi connectivity index (χ0n) is 25.3. The van der Waals surface area contributed by atoms with Gasteiger partial charge in [-0.3, -0.25) is 14.3 Å². The molecule has 2 saturated heterocycles. The number of benzene rings is 2. The van der Waals surface area contributed by atoms with Crippen molar-refractivity contribution in [2.75, 3.05) is 26.2 Å². The number of nitrogens with one attached hydrogen (secondary N) is 2. The van der Waals surface area contributed by atoms with Crippen molar-refractivity contribution in [3.63, 3.8) is 0 Å². The van der Waals surface area contributed by atoms with Gasteiger partial charge in [-0.25, -0.2) is 13.8 Å². The first-order chi connectivity index (χ1) is 22.1. The number of carbonyl (C=O) groups is 2. The lowest BCUT2D eigenvalue weighted by Crippen LogP contribution is -2.36. The van der Waals surface area contributed by atoms with Crippen LogP contribution in [0.4, 0.5) is 8.78 Å². The summed E-state index contributed by atoms with van der Waals surface area (Å²) in [5, 5.41) is 27.3. The lowest BCUT2D eigenvalue weighted by molar-refractivity contribution is 0.0928. The van der Waals surface area contributed by atoms with Gasteiger partial charge in [-0.15, -0.1) is 0 Å². The Morgan fingerprint density at radius 1 is 0.913 bits per heavy atom. The van der Waals surface area contributed by atoms with Crippen LogP contribution in [-0.4, -0.2) is 79.2 Å². The van der Waals surface area contributed by atoms with Crippen LogP contribution in [0.25, 0.3) is 16.8 Å². The molecule has 46 heavy (non-hydrogen) atoms. The van der Waals surface area contributed by atoms with Crippen molar-refractivity contribution in [2.45, 2.75) is 31.8 Å². The van der Waals surface area contributed by atoms with Crippen LogP contribution in [0, 0.1) is 41.5 Å². The third-order valence-corrected chi connectivity index (χ3v) is 7.78. The van der Waals surface area contributed by atoms with Crippen molar-refractivity contribution in [1.29, 1.82) is 10.5 Å². The highest BCUT2D eigenvalue weighted by atomic mass is 19.1. The van der Waals surface area contributed by atoms with Gasteiger partial charge in [0, 0.05) is 80.1 Å². The SMILES string of the molecule is Cc1cn(-c2ccc(C(=O)N[C@@H]3CCN(C#N)C3)c(F)c2)cn1.Cn1cc(-c2ccc(C(=O)N[C@@H]3CCN(C#N)C3)cc2F)cn1. The summed E-state index contributed by atoms with van der Waals surface area (Å²) in [7, 11) is 1.76. The fourth-order valence-electron chi connectivity index (χ4n) is 5.33. The Hall–Kier alpha value is -5.76. The quantitative estimate of drug-likeness (QED) is 0.311. The van der Waals surface area contributed by atoms with Crippen molar-refractivity contribution in [3.8, 4) is 29.2 Å². The van der Waals surface area contributed by atoms with E-state index < -0.39 is 17.5 Å². The molecule has 2 aliphatic rings. The molecule has 6 rings (SSSR count). The van der Waals surface area contributed by atoms with E-state index in [0.717, 1.165) is 12.1 Å². The summed E-state index contributed by atoms with van der Waals surface area (Å²) in [4.78, 5) is 31.7. The summed E-state index contributed by atoms with van der Waals surface area (Å²) in [6.45, 7) is 4.06. The monoisotopic (exact) mass is 626 g/mol. The molecule has 0 unspecified atom stereocenters. The van der Waals surface area contributed by atoms with E-state index in [0.29, 0.717) is 49.4 Å². The molecule has 0 saturated carbocycles. The van der Waals surface area contributed by atoms with Gasteiger partial charge in [-0.05, 0) is 50.1 Å². The summed E-state index contributed by atoms with van der Waals surface area (Å²) >= 11 is 0. The molecule has 0 bridgehead atoms. The van der Waals surface area contributed by atoms with Crippen molar-refractivity contribution in [2.24, 2.45) is 7.05 Å². The molecule has 2 atom stereocenters. The first-order valence-electron chi connectivity index (χ1n) is 14.6. The number of rotatable bonds is 6. The van der Waals surface area contributed by atoms with E-state index in [9.17, 15) is 18.4 Å². The molecular weight excluding hydrogens is 594 g/mol. The van der Waals surface area contributed by atoms with Gasteiger partial charge in [0.2, 0.25) is 0 Å². The van der Waals surface area contributed by atoms with Gasteiger partial charge in [0.05, 0.1) is 23.8 Å². The Kier molecular flexibility index (Phi) is 9.57. The highest BCUT2D eigenvalue weighted by Gasteiger charge is 2.25. The summed E-state index contributed by atoms with van der Waals surface area (Å²) in [6, 6.07) is 8.65. The number of hydrogen-bond acceptors (Lipinski definition) is 8. The normalized spacial score (nSPS) is 17.1. The van der Waals surface area contributed by atoms with Crippen molar-refractivity contribution < 1.29 is 18.4 Å². The van der Waals surface area contributed by atoms with Crippen LogP contribution in [0.5, 0.6) is 0 Å². The Labute approximate surface area is 264 Å². The molecule has 2 aromatic carbocycles. The number of carbonyl (C=O) groups excluding carboxylic acids is 2. The van der Waals surface area contributed by atoms with Gasteiger partial charge in [-0.1, -0.05) is 6.07 Å². The van der Waals surface area contributed by atoms with Crippen LogP contribution in [-0.2, 0) is 7.05 Å². The van der Waals surface area contributed by atoms with E-state index >= 15 is 0 Å². The molecule has 2 amide bonds. The van der Waals surface area contributed by atoms with E-state index in [1.54, 1.807) is 69.2 Å². The maximum Gasteiger partial charge on any atom is 0.254 e.